The fourth-order valence-corrected chi connectivity index (χ4v) is 1.29. The molecule has 0 saturated carbocycles. The zero-order chi connectivity index (χ0) is 12.1. The number of hydrogen-bond acceptors (Lipinski definition) is 3. The molecule has 1 heterocycles. The van der Waals surface area contributed by atoms with Gasteiger partial charge in [-0.1, -0.05) is 12.1 Å². The third-order valence-electron chi connectivity index (χ3n) is 2.16. The van der Waals surface area contributed by atoms with Crippen molar-refractivity contribution in [1.29, 1.82) is 0 Å². The van der Waals surface area contributed by atoms with Crippen LogP contribution in [0.2, 0.25) is 0 Å². The van der Waals surface area contributed by atoms with Crippen molar-refractivity contribution in [3.8, 4) is 5.88 Å². The Hall–Kier alpha value is -2.23. The summed E-state index contributed by atoms with van der Waals surface area (Å²) in [5.74, 6) is 0.256. The first-order valence-electron chi connectivity index (χ1n) is 5.07. The lowest BCUT2D eigenvalue weighted by molar-refractivity contribution is 0.398. The van der Waals surface area contributed by atoms with Gasteiger partial charge in [-0.3, -0.25) is 4.99 Å². The van der Waals surface area contributed by atoms with E-state index in [1.807, 2.05) is 0 Å². The highest BCUT2D eigenvalue weighted by atomic mass is 19.1. The minimum absolute atomic E-state index is 0.257. The molecule has 4 heteroatoms. The summed E-state index contributed by atoms with van der Waals surface area (Å²) < 4.78 is 17.7. The number of hydrogen-bond donors (Lipinski definition) is 0. The van der Waals surface area contributed by atoms with Gasteiger partial charge >= 0.3 is 0 Å². The first-order chi connectivity index (χ1) is 8.28. The molecule has 0 spiro atoms. The van der Waals surface area contributed by atoms with Crippen molar-refractivity contribution in [2.45, 2.75) is 0 Å². The zero-order valence-electron chi connectivity index (χ0n) is 9.30. The molecule has 2 aromatic rings. The van der Waals surface area contributed by atoms with Crippen molar-refractivity contribution in [3.05, 3.63) is 54.0 Å². The topological polar surface area (TPSA) is 34.5 Å². The number of ether oxygens (including phenoxy) is 1. The third-order valence-corrected chi connectivity index (χ3v) is 2.16. The van der Waals surface area contributed by atoms with Crippen LogP contribution in [0.5, 0.6) is 5.88 Å². The molecule has 17 heavy (non-hydrogen) atoms. The molecule has 86 valence electrons. The van der Waals surface area contributed by atoms with Gasteiger partial charge in [-0.2, -0.15) is 0 Å². The van der Waals surface area contributed by atoms with Crippen molar-refractivity contribution in [2.75, 3.05) is 7.11 Å². The smallest absolute Gasteiger partial charge is 0.215 e. The molecular formula is C13H11FN2O. The molecule has 0 atom stereocenters. The minimum atomic E-state index is -0.257. The average Bonchev–Trinajstić information content (AvgIpc) is 2.38. The van der Waals surface area contributed by atoms with Gasteiger partial charge in [0.1, 0.15) is 5.82 Å². The summed E-state index contributed by atoms with van der Waals surface area (Å²) >= 11 is 0. The molecule has 1 aromatic heterocycles. The van der Waals surface area contributed by atoms with E-state index in [1.54, 1.807) is 43.8 Å². The van der Waals surface area contributed by atoms with Gasteiger partial charge in [0.05, 0.1) is 12.8 Å². The Balaban J connectivity index is 2.16. The van der Waals surface area contributed by atoms with Gasteiger partial charge in [-0.25, -0.2) is 9.37 Å². The molecule has 1 aromatic carbocycles. The second kappa shape index (κ2) is 5.21. The lowest BCUT2D eigenvalue weighted by atomic mass is 10.2. The van der Waals surface area contributed by atoms with Crippen molar-refractivity contribution < 1.29 is 9.13 Å². The standard InChI is InChI=1S/C13H11FN2O/c1-17-13-8-12(6-7-15-13)16-9-10-2-4-11(14)5-3-10/h2-9H,1H3/b16-9+. The number of rotatable bonds is 3. The molecule has 0 aliphatic rings. The summed E-state index contributed by atoms with van der Waals surface area (Å²) in [5.41, 5.74) is 1.57. The predicted molar refractivity (Wildman–Crippen MR) is 64.4 cm³/mol. The van der Waals surface area contributed by atoms with Gasteiger partial charge in [-0.15, -0.1) is 0 Å². The monoisotopic (exact) mass is 230 g/mol. The number of pyridine rings is 1. The molecule has 0 unspecified atom stereocenters. The van der Waals surface area contributed by atoms with Crippen molar-refractivity contribution in [2.24, 2.45) is 4.99 Å². The Morgan fingerprint density at radius 1 is 1.24 bits per heavy atom. The Labute approximate surface area is 98.6 Å². The normalized spacial score (nSPS) is 10.7. The van der Waals surface area contributed by atoms with Crippen LogP contribution in [-0.4, -0.2) is 18.3 Å². The van der Waals surface area contributed by atoms with Gasteiger partial charge in [0.2, 0.25) is 5.88 Å². The number of methoxy groups -OCH3 is 1. The van der Waals surface area contributed by atoms with Crippen LogP contribution in [0.4, 0.5) is 10.1 Å². The molecule has 0 bridgehead atoms. The molecule has 0 saturated heterocycles. The maximum atomic E-state index is 12.7. The molecule has 0 radical (unpaired) electrons. The summed E-state index contributed by atoms with van der Waals surface area (Å²) in [7, 11) is 1.55. The van der Waals surface area contributed by atoms with E-state index < -0.39 is 0 Å². The van der Waals surface area contributed by atoms with Gasteiger partial charge < -0.3 is 4.74 Å². The van der Waals surface area contributed by atoms with Crippen LogP contribution in [0.3, 0.4) is 0 Å². The quantitative estimate of drug-likeness (QED) is 0.760. The minimum Gasteiger partial charge on any atom is -0.481 e. The Morgan fingerprint density at radius 3 is 2.71 bits per heavy atom. The molecular weight excluding hydrogens is 219 g/mol. The summed E-state index contributed by atoms with van der Waals surface area (Å²) in [5, 5.41) is 0. The molecule has 2 rings (SSSR count). The SMILES string of the molecule is COc1cc(/N=C/c2ccc(F)cc2)ccn1. The summed E-state index contributed by atoms with van der Waals surface area (Å²) in [6.07, 6.45) is 3.28. The van der Waals surface area contributed by atoms with Crippen LogP contribution in [-0.2, 0) is 0 Å². The van der Waals surface area contributed by atoms with Crippen LogP contribution in [0, 0.1) is 5.82 Å². The summed E-state index contributed by atoms with van der Waals surface area (Å²) in [6, 6.07) is 9.61. The summed E-state index contributed by atoms with van der Waals surface area (Å²) in [4.78, 5) is 8.23. The second-order valence-electron chi connectivity index (χ2n) is 3.37. The molecule has 0 N–H and O–H groups in total. The largest absolute Gasteiger partial charge is 0.481 e. The molecule has 0 amide bonds. The molecule has 0 aliphatic carbocycles. The lowest BCUT2D eigenvalue weighted by Crippen LogP contribution is -1.85. The first-order valence-corrected chi connectivity index (χ1v) is 5.07. The van der Waals surface area contributed by atoms with Gasteiger partial charge in [0.25, 0.3) is 0 Å². The van der Waals surface area contributed by atoms with Crippen molar-refractivity contribution in [1.82, 2.24) is 4.98 Å². The van der Waals surface area contributed by atoms with E-state index in [2.05, 4.69) is 9.98 Å². The van der Waals surface area contributed by atoms with Gasteiger partial charge in [0.15, 0.2) is 0 Å². The molecule has 3 nitrogen and oxygen atoms in total. The van der Waals surface area contributed by atoms with E-state index in [9.17, 15) is 4.39 Å². The van der Waals surface area contributed by atoms with E-state index in [0.717, 1.165) is 11.3 Å². The highest BCUT2D eigenvalue weighted by Crippen LogP contribution is 2.16. The van der Waals surface area contributed by atoms with Crippen molar-refractivity contribution in [3.63, 3.8) is 0 Å². The molecule has 0 aliphatic heterocycles. The van der Waals surface area contributed by atoms with Crippen molar-refractivity contribution >= 4 is 11.9 Å². The van der Waals surface area contributed by atoms with E-state index in [1.165, 1.54) is 12.1 Å². The van der Waals surface area contributed by atoms with Crippen LogP contribution in [0.25, 0.3) is 0 Å². The van der Waals surface area contributed by atoms with Crippen LogP contribution < -0.4 is 4.74 Å². The highest BCUT2D eigenvalue weighted by molar-refractivity contribution is 5.81. The number of nitrogens with zero attached hydrogens (tertiary/aromatic N) is 2. The van der Waals surface area contributed by atoms with E-state index in [0.29, 0.717) is 5.88 Å². The Bertz CT molecular complexity index is 523. The van der Waals surface area contributed by atoms with Crippen LogP contribution >= 0.6 is 0 Å². The highest BCUT2D eigenvalue weighted by Gasteiger charge is 1.94. The summed E-state index contributed by atoms with van der Waals surface area (Å²) in [6.45, 7) is 0. The zero-order valence-corrected chi connectivity index (χ0v) is 9.30. The average molecular weight is 230 g/mol. The number of benzene rings is 1. The van der Waals surface area contributed by atoms with E-state index in [4.69, 9.17) is 4.74 Å². The Kier molecular flexibility index (Phi) is 3.45. The van der Waals surface area contributed by atoms with E-state index >= 15 is 0 Å². The fraction of sp³-hybridized carbons (Fsp3) is 0.0769. The number of halogens is 1. The lowest BCUT2D eigenvalue weighted by Gasteiger charge is -1.98. The van der Waals surface area contributed by atoms with Crippen LogP contribution in [0.15, 0.2) is 47.6 Å². The number of aliphatic imine (C=N–C) groups is 1. The maximum Gasteiger partial charge on any atom is 0.215 e. The fourth-order valence-electron chi connectivity index (χ4n) is 1.29. The molecule has 0 fully saturated rings. The second-order valence-corrected chi connectivity index (χ2v) is 3.37. The van der Waals surface area contributed by atoms with E-state index in [-0.39, 0.29) is 5.82 Å². The maximum absolute atomic E-state index is 12.7. The Morgan fingerprint density at radius 2 is 2.00 bits per heavy atom. The van der Waals surface area contributed by atoms with Gasteiger partial charge in [0, 0.05) is 18.5 Å². The van der Waals surface area contributed by atoms with Gasteiger partial charge in [-0.05, 0) is 23.8 Å². The predicted octanol–water partition coefficient (Wildman–Crippen LogP) is 2.98. The number of aromatic nitrogens is 1. The third kappa shape index (κ3) is 3.11. The first kappa shape index (κ1) is 11.3. The van der Waals surface area contributed by atoms with Crippen LogP contribution in [0.1, 0.15) is 5.56 Å².